The van der Waals surface area contributed by atoms with E-state index in [1.807, 2.05) is 7.05 Å². The fraction of sp³-hybridized carbons (Fsp3) is 0.625. The van der Waals surface area contributed by atoms with Gasteiger partial charge in [0.15, 0.2) is 0 Å². The van der Waals surface area contributed by atoms with Gasteiger partial charge in [0.2, 0.25) is 0 Å². The van der Waals surface area contributed by atoms with E-state index < -0.39 is 0 Å². The first-order valence-corrected chi connectivity index (χ1v) is 6.74. The van der Waals surface area contributed by atoms with Crippen molar-refractivity contribution in [1.82, 2.24) is 10.2 Å². The monoisotopic (exact) mass is 248 g/mol. The van der Waals surface area contributed by atoms with Crippen molar-refractivity contribution in [3.63, 3.8) is 0 Å². The summed E-state index contributed by atoms with van der Waals surface area (Å²) in [4.78, 5) is 2.28. The van der Waals surface area contributed by atoms with E-state index >= 15 is 0 Å². The van der Waals surface area contributed by atoms with Crippen LogP contribution in [0.15, 0.2) is 24.3 Å². The fourth-order valence-electron chi connectivity index (χ4n) is 2.56. The van der Waals surface area contributed by atoms with Crippen LogP contribution in [0.1, 0.15) is 50.8 Å². The highest BCUT2D eigenvalue weighted by Gasteiger charge is 2.30. The maximum absolute atomic E-state index is 3.42. The van der Waals surface area contributed by atoms with Crippen LogP contribution in [-0.4, -0.2) is 31.6 Å². The summed E-state index contributed by atoms with van der Waals surface area (Å²) in [5, 5.41) is 3.42. The van der Waals surface area contributed by atoms with Crippen molar-refractivity contribution in [1.29, 1.82) is 0 Å². The highest BCUT2D eigenvalue weighted by Crippen LogP contribution is 2.30. The molecule has 0 radical (unpaired) electrons. The van der Waals surface area contributed by atoms with Crippen molar-refractivity contribution < 1.29 is 0 Å². The zero-order chi connectivity index (χ0) is 13.9. The van der Waals surface area contributed by atoms with Crippen molar-refractivity contribution in [2.45, 2.75) is 45.2 Å². The number of hydrogen-bond donors (Lipinski definition) is 1. The molecule has 2 nitrogen and oxygen atoms in total. The summed E-state index contributed by atoms with van der Waals surface area (Å²) in [6.07, 6.45) is 0. The first-order valence-electron chi connectivity index (χ1n) is 6.74. The number of rotatable bonds is 5. The second kappa shape index (κ2) is 5.85. The Morgan fingerprint density at radius 1 is 1.00 bits per heavy atom. The van der Waals surface area contributed by atoms with Crippen molar-refractivity contribution in [2.75, 3.05) is 21.1 Å². The number of benzene rings is 1. The summed E-state index contributed by atoms with van der Waals surface area (Å²) < 4.78 is 0. The third-order valence-electron chi connectivity index (χ3n) is 3.76. The molecule has 1 aromatic rings. The third kappa shape index (κ3) is 3.33. The lowest BCUT2D eigenvalue weighted by molar-refractivity contribution is 0.177. The van der Waals surface area contributed by atoms with Crippen LogP contribution in [0.2, 0.25) is 0 Å². The van der Waals surface area contributed by atoms with Crippen molar-refractivity contribution >= 4 is 0 Å². The molecule has 0 amide bonds. The van der Waals surface area contributed by atoms with E-state index in [1.165, 1.54) is 11.1 Å². The van der Waals surface area contributed by atoms with Gasteiger partial charge in [-0.1, -0.05) is 38.1 Å². The molecule has 1 N–H and O–H groups in total. The summed E-state index contributed by atoms with van der Waals surface area (Å²) >= 11 is 0. The van der Waals surface area contributed by atoms with Crippen LogP contribution in [0.4, 0.5) is 0 Å². The van der Waals surface area contributed by atoms with E-state index in [-0.39, 0.29) is 5.54 Å². The molecule has 0 bridgehead atoms. The van der Waals surface area contributed by atoms with E-state index in [9.17, 15) is 0 Å². The lowest BCUT2D eigenvalue weighted by Crippen LogP contribution is -2.48. The molecular weight excluding hydrogens is 220 g/mol. The minimum absolute atomic E-state index is 0.0445. The van der Waals surface area contributed by atoms with Crippen molar-refractivity contribution in [2.24, 2.45) is 0 Å². The third-order valence-corrected chi connectivity index (χ3v) is 3.76. The Labute approximate surface area is 112 Å². The van der Waals surface area contributed by atoms with Crippen LogP contribution >= 0.6 is 0 Å². The predicted octanol–water partition coefficient (Wildman–Crippen LogP) is 3.41. The SMILES string of the molecule is CNC(C)(C)C(c1ccc(C(C)C)cc1)N(C)C. The lowest BCUT2D eigenvalue weighted by atomic mass is 9.87. The molecule has 0 heterocycles. The van der Waals surface area contributed by atoms with Gasteiger partial charge in [0, 0.05) is 5.54 Å². The first-order chi connectivity index (χ1) is 8.29. The van der Waals surface area contributed by atoms with Gasteiger partial charge in [0.1, 0.15) is 0 Å². The average molecular weight is 248 g/mol. The Morgan fingerprint density at radius 3 is 1.78 bits per heavy atom. The highest BCUT2D eigenvalue weighted by molar-refractivity contribution is 5.28. The first kappa shape index (κ1) is 15.2. The van der Waals surface area contributed by atoms with Gasteiger partial charge in [0.05, 0.1) is 6.04 Å². The Bertz CT molecular complexity index is 363. The molecule has 0 aromatic heterocycles. The molecule has 1 aromatic carbocycles. The summed E-state index contributed by atoms with van der Waals surface area (Å²) in [5.74, 6) is 0.592. The molecule has 0 aliphatic carbocycles. The summed E-state index contributed by atoms with van der Waals surface area (Å²) in [5.41, 5.74) is 2.81. The van der Waals surface area contributed by atoms with E-state index in [0.717, 1.165) is 0 Å². The van der Waals surface area contributed by atoms with Gasteiger partial charge in [0.25, 0.3) is 0 Å². The number of hydrogen-bond acceptors (Lipinski definition) is 2. The molecular formula is C16H28N2. The Balaban J connectivity index is 3.08. The topological polar surface area (TPSA) is 15.3 Å². The normalized spacial score (nSPS) is 14.3. The standard InChI is InChI=1S/C16H28N2/c1-12(2)13-8-10-14(11-9-13)15(18(6)7)16(3,4)17-5/h8-12,15,17H,1-7H3. The predicted molar refractivity (Wildman–Crippen MR) is 80.1 cm³/mol. The Hall–Kier alpha value is -0.860. The molecule has 0 saturated heterocycles. The average Bonchev–Trinajstić information content (AvgIpc) is 2.29. The smallest absolute Gasteiger partial charge is 0.0519 e. The molecule has 0 saturated carbocycles. The molecule has 2 heteroatoms. The lowest BCUT2D eigenvalue weighted by Gasteiger charge is -2.39. The van der Waals surface area contributed by atoms with Crippen LogP contribution < -0.4 is 5.32 Å². The Morgan fingerprint density at radius 2 is 1.44 bits per heavy atom. The molecule has 0 aliphatic rings. The van der Waals surface area contributed by atoms with Gasteiger partial charge >= 0.3 is 0 Å². The molecule has 1 rings (SSSR count). The van der Waals surface area contributed by atoms with Crippen LogP contribution in [0.3, 0.4) is 0 Å². The van der Waals surface area contributed by atoms with Crippen LogP contribution in [0.5, 0.6) is 0 Å². The summed E-state index contributed by atoms with van der Waals surface area (Å²) in [6, 6.07) is 9.39. The quantitative estimate of drug-likeness (QED) is 0.859. The van der Waals surface area contributed by atoms with Gasteiger partial charge in [-0.2, -0.15) is 0 Å². The zero-order valence-electron chi connectivity index (χ0n) is 12.9. The zero-order valence-corrected chi connectivity index (χ0v) is 12.9. The van der Waals surface area contributed by atoms with Crippen molar-refractivity contribution in [3.8, 4) is 0 Å². The second-order valence-electron chi connectivity index (χ2n) is 6.16. The fourth-order valence-corrected chi connectivity index (χ4v) is 2.56. The van der Waals surface area contributed by atoms with Gasteiger partial charge in [-0.05, 0) is 52.0 Å². The Kier molecular flexibility index (Phi) is 4.94. The second-order valence-corrected chi connectivity index (χ2v) is 6.16. The van der Waals surface area contributed by atoms with E-state index in [4.69, 9.17) is 0 Å². The maximum Gasteiger partial charge on any atom is 0.0519 e. The van der Waals surface area contributed by atoms with E-state index in [2.05, 4.69) is 76.3 Å². The molecule has 0 spiro atoms. The van der Waals surface area contributed by atoms with Crippen molar-refractivity contribution in [3.05, 3.63) is 35.4 Å². The number of nitrogens with one attached hydrogen (secondary N) is 1. The summed E-state index contributed by atoms with van der Waals surface area (Å²) in [7, 11) is 6.30. The van der Waals surface area contributed by atoms with Gasteiger partial charge in [-0.25, -0.2) is 0 Å². The molecule has 102 valence electrons. The van der Waals surface area contributed by atoms with Crippen LogP contribution in [-0.2, 0) is 0 Å². The molecule has 0 fully saturated rings. The number of likely N-dealkylation sites (N-methyl/N-ethyl adjacent to an activating group) is 2. The van der Waals surface area contributed by atoms with Gasteiger partial charge < -0.3 is 10.2 Å². The van der Waals surface area contributed by atoms with Crippen LogP contribution in [0, 0.1) is 0 Å². The molecule has 18 heavy (non-hydrogen) atoms. The maximum atomic E-state index is 3.42. The van der Waals surface area contributed by atoms with E-state index in [1.54, 1.807) is 0 Å². The van der Waals surface area contributed by atoms with Gasteiger partial charge in [-0.15, -0.1) is 0 Å². The minimum Gasteiger partial charge on any atom is -0.313 e. The molecule has 1 unspecified atom stereocenters. The highest BCUT2D eigenvalue weighted by atomic mass is 15.2. The van der Waals surface area contributed by atoms with Crippen LogP contribution in [0.25, 0.3) is 0 Å². The largest absolute Gasteiger partial charge is 0.313 e. The number of nitrogens with zero attached hydrogens (tertiary/aromatic N) is 1. The molecule has 1 atom stereocenters. The minimum atomic E-state index is 0.0445. The summed E-state index contributed by atoms with van der Waals surface area (Å²) in [6.45, 7) is 8.95. The molecule has 0 aliphatic heterocycles. The van der Waals surface area contributed by atoms with E-state index in [0.29, 0.717) is 12.0 Å². The van der Waals surface area contributed by atoms with Gasteiger partial charge in [-0.3, -0.25) is 0 Å².